The highest BCUT2D eigenvalue weighted by Crippen LogP contribution is 2.13. The van der Waals surface area contributed by atoms with E-state index in [1.165, 1.54) is 120 Å². The summed E-state index contributed by atoms with van der Waals surface area (Å²) < 4.78 is 10.8. The molecule has 0 saturated heterocycles. The molecule has 5 nitrogen and oxygen atoms in total. The van der Waals surface area contributed by atoms with E-state index in [2.05, 4.69) is 20.9 Å². The summed E-state index contributed by atoms with van der Waals surface area (Å²) in [5.41, 5.74) is 0. The lowest BCUT2D eigenvalue weighted by Crippen LogP contribution is -3.10. The minimum absolute atomic E-state index is 0. The van der Waals surface area contributed by atoms with Crippen LogP contribution in [0.5, 0.6) is 0 Å². The molecule has 0 aromatic heterocycles. The van der Waals surface area contributed by atoms with Gasteiger partial charge in [0.05, 0.1) is 7.05 Å². The Labute approximate surface area is 249 Å². The van der Waals surface area contributed by atoms with Gasteiger partial charge in [0.25, 0.3) is 0 Å². The van der Waals surface area contributed by atoms with Crippen LogP contribution in [0.15, 0.2) is 0 Å². The van der Waals surface area contributed by atoms with Crippen LogP contribution >= 0.6 is 0 Å². The molecule has 0 heterocycles. The number of esters is 2. The van der Waals surface area contributed by atoms with E-state index in [0.717, 1.165) is 38.8 Å². The molecule has 0 unspecified atom stereocenters. The van der Waals surface area contributed by atoms with Gasteiger partial charge in [0.2, 0.25) is 6.61 Å². The lowest BCUT2D eigenvalue weighted by molar-refractivity contribution is -0.880. The van der Waals surface area contributed by atoms with E-state index >= 15 is 0 Å². The fraction of sp³-hybridized carbons (Fsp3) is 0.939. The molecule has 6 heteroatoms. The van der Waals surface area contributed by atoms with Crippen LogP contribution in [0.2, 0.25) is 0 Å². The first-order valence-electron chi connectivity index (χ1n) is 16.7. The third-order valence-electron chi connectivity index (χ3n) is 7.55. The van der Waals surface area contributed by atoms with Crippen LogP contribution in [0.3, 0.4) is 0 Å². The Morgan fingerprint density at radius 1 is 0.538 bits per heavy atom. The number of hydrogen-bond acceptors (Lipinski definition) is 4. The Morgan fingerprint density at radius 2 is 0.872 bits per heavy atom. The minimum atomic E-state index is -0.0767. The summed E-state index contributed by atoms with van der Waals surface area (Å²) in [7, 11) is 2.05. The highest BCUT2D eigenvalue weighted by atomic mass is 35.5. The van der Waals surface area contributed by atoms with Gasteiger partial charge < -0.3 is 26.8 Å². The Hall–Kier alpha value is -0.810. The predicted molar refractivity (Wildman–Crippen MR) is 161 cm³/mol. The molecule has 0 rings (SSSR count). The van der Waals surface area contributed by atoms with Gasteiger partial charge in [-0.05, 0) is 12.8 Å². The molecule has 233 valence electrons. The van der Waals surface area contributed by atoms with Gasteiger partial charge in [-0.3, -0.25) is 4.79 Å². The van der Waals surface area contributed by atoms with E-state index in [4.69, 9.17) is 9.47 Å². The molecule has 0 bridgehead atoms. The number of likely N-dealkylation sites (N-methyl/N-ethyl adjacent to an activating group) is 1. The standard InChI is InChI=1S/C33H65NO4.ClH/c1-4-6-8-10-12-14-16-18-20-22-24-26-32(35)37-30-28-34(3)29-31-38-33(36)27-25-23-21-19-17-15-13-11-9-7-5-2;/h4-31H2,1-3H3;1H/q+1;. The summed E-state index contributed by atoms with van der Waals surface area (Å²) in [4.78, 5) is 25.1. The highest BCUT2D eigenvalue weighted by molar-refractivity contribution is 5.69. The number of halogens is 1. The largest absolute Gasteiger partial charge is 1.00 e. The summed E-state index contributed by atoms with van der Waals surface area (Å²) in [5.74, 6) is -0.153. The normalized spacial score (nSPS) is 11.7. The average molecular weight is 576 g/mol. The SMILES string of the molecule is CCCCCCCCCCCCCC(=O)OCC[NH+](C)CCOC(=[O+])CCCCCCCCCCCCC.[Cl-]. The number of quaternary nitrogens is 1. The zero-order valence-electron chi connectivity index (χ0n) is 26.3. The van der Waals surface area contributed by atoms with E-state index in [-0.39, 0.29) is 24.3 Å². The van der Waals surface area contributed by atoms with Gasteiger partial charge in [-0.25, -0.2) is 0 Å². The summed E-state index contributed by atoms with van der Waals surface area (Å²) in [6, 6.07) is 0. The molecular weight excluding hydrogens is 510 g/mol. The Bertz CT molecular complexity index is 474. The van der Waals surface area contributed by atoms with Gasteiger partial charge in [0, 0.05) is 11.2 Å². The van der Waals surface area contributed by atoms with Crippen LogP contribution < -0.4 is 17.3 Å². The van der Waals surface area contributed by atoms with Crippen LogP contribution in [-0.4, -0.2) is 45.3 Å². The van der Waals surface area contributed by atoms with Crippen LogP contribution in [-0.2, 0) is 19.1 Å². The first-order chi connectivity index (χ1) is 18.6. The molecule has 0 aliphatic carbocycles. The quantitative estimate of drug-likeness (QED) is 0.0744. The smallest absolute Gasteiger partial charge is 0.574 e. The van der Waals surface area contributed by atoms with E-state index in [9.17, 15) is 9.59 Å². The molecule has 0 spiro atoms. The van der Waals surface area contributed by atoms with Crippen molar-refractivity contribution in [3.05, 3.63) is 0 Å². The molecule has 0 aliphatic heterocycles. The second kappa shape index (κ2) is 33.4. The molecule has 0 saturated carbocycles. The molecule has 1 N–H and O–H groups in total. The van der Waals surface area contributed by atoms with E-state index in [0.29, 0.717) is 26.1 Å². The van der Waals surface area contributed by atoms with Gasteiger partial charge >= 0.3 is 11.9 Å². The summed E-state index contributed by atoms with van der Waals surface area (Å²) in [6.45, 7) is 6.90. The zero-order valence-corrected chi connectivity index (χ0v) is 27.1. The number of carbonyl (C=O) groups is 2. The first kappa shape index (κ1) is 40.3. The van der Waals surface area contributed by atoms with Crippen molar-refractivity contribution in [3.63, 3.8) is 0 Å². The van der Waals surface area contributed by atoms with E-state index in [1.54, 1.807) is 0 Å². The molecular formula is C33H66ClNO4+. The molecule has 0 aliphatic rings. The maximum absolute atomic E-state index is 11.9. The van der Waals surface area contributed by atoms with Crippen molar-refractivity contribution in [2.45, 2.75) is 168 Å². The van der Waals surface area contributed by atoms with Gasteiger partial charge in [0.15, 0.2) is 0 Å². The number of rotatable bonds is 30. The number of unbranched alkanes of at least 4 members (excludes halogenated alkanes) is 20. The molecule has 0 aromatic rings. The lowest BCUT2D eigenvalue weighted by atomic mass is 10.1. The Balaban J connectivity index is 0. The first-order valence-corrected chi connectivity index (χ1v) is 16.7. The van der Waals surface area contributed by atoms with Crippen molar-refractivity contribution in [2.75, 3.05) is 33.4 Å². The second-order valence-corrected chi connectivity index (χ2v) is 11.5. The summed E-state index contributed by atoms with van der Waals surface area (Å²) in [6.07, 6.45) is 29.3. The van der Waals surface area contributed by atoms with Gasteiger partial charge in [-0.15, -0.1) is 0 Å². The lowest BCUT2D eigenvalue weighted by Gasteiger charge is -2.12. The Kier molecular flexibility index (Phi) is 34.5. The maximum atomic E-state index is 11.9. The van der Waals surface area contributed by atoms with Crippen LogP contribution in [0.4, 0.5) is 0 Å². The van der Waals surface area contributed by atoms with E-state index in [1.807, 2.05) is 0 Å². The summed E-state index contributed by atoms with van der Waals surface area (Å²) >= 11 is 0. The number of nitrogens with one attached hydrogen (secondary N) is 1. The van der Waals surface area contributed by atoms with Crippen LogP contribution in [0, 0.1) is 0 Å². The number of carbonyl (C=O) groups excluding carboxylic acids is 2. The zero-order chi connectivity index (χ0) is 27.9. The molecule has 39 heavy (non-hydrogen) atoms. The second-order valence-electron chi connectivity index (χ2n) is 11.5. The topological polar surface area (TPSA) is 59.9 Å². The fourth-order valence-corrected chi connectivity index (χ4v) is 4.81. The third kappa shape index (κ3) is 33.3. The molecule has 1 radical (unpaired) electrons. The van der Waals surface area contributed by atoms with Crippen molar-refractivity contribution in [3.8, 4) is 0 Å². The Morgan fingerprint density at radius 3 is 1.28 bits per heavy atom. The van der Waals surface area contributed by atoms with Crippen LogP contribution in [0.1, 0.15) is 168 Å². The average Bonchev–Trinajstić information content (AvgIpc) is 2.90. The predicted octanol–water partition coefficient (Wildman–Crippen LogP) is 4.99. The highest BCUT2D eigenvalue weighted by Gasteiger charge is 2.17. The summed E-state index contributed by atoms with van der Waals surface area (Å²) in [5, 5.41) is 0. The third-order valence-corrected chi connectivity index (χ3v) is 7.55. The molecule has 0 atom stereocenters. The molecule has 0 aromatic carbocycles. The van der Waals surface area contributed by atoms with Crippen molar-refractivity contribution < 1.29 is 36.4 Å². The number of hydrogen-bond donors (Lipinski definition) is 1. The molecule has 0 fully saturated rings. The maximum Gasteiger partial charge on any atom is 0.574 e. The van der Waals surface area contributed by atoms with Crippen molar-refractivity contribution >= 4 is 11.9 Å². The van der Waals surface area contributed by atoms with Crippen molar-refractivity contribution in [2.24, 2.45) is 0 Å². The number of ether oxygens (including phenoxy) is 2. The van der Waals surface area contributed by atoms with Gasteiger partial charge in [0.1, 0.15) is 26.1 Å². The van der Waals surface area contributed by atoms with Crippen LogP contribution in [0.25, 0.3) is 0 Å². The minimum Gasteiger partial charge on any atom is -1.00 e. The van der Waals surface area contributed by atoms with Crippen molar-refractivity contribution in [1.82, 2.24) is 0 Å². The molecule has 0 amide bonds. The monoisotopic (exact) mass is 575 g/mol. The van der Waals surface area contributed by atoms with Crippen molar-refractivity contribution in [1.29, 1.82) is 0 Å². The van der Waals surface area contributed by atoms with Gasteiger partial charge in [-0.2, -0.15) is 0 Å². The van der Waals surface area contributed by atoms with Gasteiger partial charge in [-0.1, -0.05) is 142 Å². The van der Waals surface area contributed by atoms with E-state index < -0.39 is 0 Å². The fourth-order valence-electron chi connectivity index (χ4n) is 4.81.